The van der Waals surface area contributed by atoms with E-state index in [1.54, 1.807) is 66.7 Å². The van der Waals surface area contributed by atoms with Gasteiger partial charge in [-0.1, -0.05) is 18.2 Å². The summed E-state index contributed by atoms with van der Waals surface area (Å²) in [5.74, 6) is -0.143. The lowest BCUT2D eigenvalue weighted by Gasteiger charge is -2.16. The van der Waals surface area contributed by atoms with Crippen LogP contribution in [0.1, 0.15) is 44.9 Å². The van der Waals surface area contributed by atoms with Gasteiger partial charge in [-0.3, -0.25) is 14.4 Å². The minimum atomic E-state index is -0.389. The molecule has 3 aromatic rings. The van der Waals surface area contributed by atoms with Crippen LogP contribution in [0.2, 0.25) is 0 Å². The number of carbonyl (C=O) groups is 3. The van der Waals surface area contributed by atoms with Crippen LogP contribution in [0.25, 0.3) is 0 Å². The van der Waals surface area contributed by atoms with Gasteiger partial charge in [-0.25, -0.2) is 4.90 Å². The first-order valence-corrected chi connectivity index (χ1v) is 10.1. The maximum absolute atomic E-state index is 12.8. The second-order valence-electron chi connectivity index (χ2n) is 7.53. The first kappa shape index (κ1) is 21.1. The standard InChI is InChI=1S/C25H22N2O5/c1-15(2)32-21-12-11-16(13-22(21)31-3)23(28)26-17-7-6-8-18(14-17)27-24(29)19-9-4-5-10-20(19)25(27)30/h4-15H,1-3H3,(H,26,28). The fourth-order valence-corrected chi connectivity index (χ4v) is 3.51. The fourth-order valence-electron chi connectivity index (χ4n) is 3.51. The molecule has 0 fully saturated rings. The SMILES string of the molecule is COc1cc(C(=O)Nc2cccc(N3C(=O)c4ccccc4C3=O)c2)ccc1OC(C)C. The summed E-state index contributed by atoms with van der Waals surface area (Å²) in [5, 5.41) is 2.80. The number of amides is 3. The summed E-state index contributed by atoms with van der Waals surface area (Å²) in [7, 11) is 1.51. The highest BCUT2D eigenvalue weighted by Gasteiger charge is 2.36. The lowest BCUT2D eigenvalue weighted by Crippen LogP contribution is -2.29. The number of carbonyl (C=O) groups excluding carboxylic acids is 3. The van der Waals surface area contributed by atoms with Crippen molar-refractivity contribution in [3.8, 4) is 11.5 Å². The van der Waals surface area contributed by atoms with Gasteiger partial charge in [0.15, 0.2) is 11.5 Å². The number of fused-ring (bicyclic) bond motifs is 1. The molecule has 32 heavy (non-hydrogen) atoms. The van der Waals surface area contributed by atoms with Crippen LogP contribution in [0.4, 0.5) is 11.4 Å². The molecule has 0 saturated heterocycles. The molecule has 0 unspecified atom stereocenters. The number of anilines is 2. The second-order valence-corrected chi connectivity index (χ2v) is 7.53. The largest absolute Gasteiger partial charge is 0.493 e. The van der Waals surface area contributed by atoms with E-state index in [1.807, 2.05) is 13.8 Å². The molecule has 0 atom stereocenters. The molecule has 1 aliphatic heterocycles. The van der Waals surface area contributed by atoms with E-state index in [0.29, 0.717) is 39.6 Å². The highest BCUT2D eigenvalue weighted by Crippen LogP contribution is 2.31. The monoisotopic (exact) mass is 430 g/mol. The van der Waals surface area contributed by atoms with Crippen molar-refractivity contribution in [3.63, 3.8) is 0 Å². The molecule has 1 aliphatic rings. The van der Waals surface area contributed by atoms with Crippen LogP contribution in [0, 0.1) is 0 Å². The third kappa shape index (κ3) is 3.92. The summed E-state index contributed by atoms with van der Waals surface area (Å²) >= 11 is 0. The number of methoxy groups -OCH3 is 1. The van der Waals surface area contributed by atoms with Crippen LogP contribution in [-0.4, -0.2) is 30.9 Å². The van der Waals surface area contributed by atoms with Crippen molar-refractivity contribution >= 4 is 29.1 Å². The van der Waals surface area contributed by atoms with Crippen LogP contribution in [-0.2, 0) is 0 Å². The minimum absolute atomic E-state index is 0.0338. The van der Waals surface area contributed by atoms with Crippen LogP contribution < -0.4 is 19.7 Å². The van der Waals surface area contributed by atoms with Crippen molar-refractivity contribution in [1.82, 2.24) is 0 Å². The van der Waals surface area contributed by atoms with Gasteiger partial charge in [-0.05, 0) is 62.4 Å². The molecule has 0 saturated carbocycles. The van der Waals surface area contributed by atoms with Gasteiger partial charge in [0.05, 0.1) is 30.0 Å². The third-order valence-corrected chi connectivity index (χ3v) is 4.94. The van der Waals surface area contributed by atoms with Gasteiger partial charge >= 0.3 is 0 Å². The van der Waals surface area contributed by atoms with Gasteiger partial charge in [-0.2, -0.15) is 0 Å². The summed E-state index contributed by atoms with van der Waals surface area (Å²) in [5.41, 5.74) is 1.94. The Labute approximate surface area is 185 Å². The Morgan fingerprint density at radius 2 is 1.56 bits per heavy atom. The first-order chi connectivity index (χ1) is 15.4. The Morgan fingerprint density at radius 1 is 0.875 bits per heavy atom. The number of hydrogen-bond acceptors (Lipinski definition) is 5. The van der Waals surface area contributed by atoms with Gasteiger partial charge in [0.1, 0.15) is 0 Å². The van der Waals surface area contributed by atoms with Crippen LogP contribution in [0.3, 0.4) is 0 Å². The summed E-state index contributed by atoms with van der Waals surface area (Å²) in [4.78, 5) is 39.4. The summed E-state index contributed by atoms with van der Waals surface area (Å²) in [6.07, 6.45) is -0.0338. The highest BCUT2D eigenvalue weighted by atomic mass is 16.5. The molecule has 1 heterocycles. The summed E-state index contributed by atoms with van der Waals surface area (Å²) in [6.45, 7) is 3.81. The summed E-state index contributed by atoms with van der Waals surface area (Å²) in [6, 6.07) is 18.2. The maximum Gasteiger partial charge on any atom is 0.266 e. The number of imide groups is 1. The van der Waals surface area contributed by atoms with Crippen LogP contribution >= 0.6 is 0 Å². The molecule has 0 radical (unpaired) electrons. The Bertz CT molecular complexity index is 1180. The first-order valence-electron chi connectivity index (χ1n) is 10.1. The lowest BCUT2D eigenvalue weighted by molar-refractivity contribution is 0.0925. The van der Waals surface area contributed by atoms with E-state index in [4.69, 9.17) is 9.47 Å². The molecule has 4 rings (SSSR count). The molecule has 3 amide bonds. The Hall–Kier alpha value is -4.13. The molecule has 1 N–H and O–H groups in total. The number of nitrogens with zero attached hydrogens (tertiary/aromatic N) is 1. The number of hydrogen-bond donors (Lipinski definition) is 1. The van der Waals surface area contributed by atoms with E-state index in [9.17, 15) is 14.4 Å². The predicted molar refractivity (Wildman–Crippen MR) is 121 cm³/mol. The van der Waals surface area contributed by atoms with E-state index in [0.717, 1.165) is 4.90 Å². The van der Waals surface area contributed by atoms with Crippen molar-refractivity contribution in [2.75, 3.05) is 17.3 Å². The smallest absolute Gasteiger partial charge is 0.266 e. The second kappa shape index (κ2) is 8.55. The van der Waals surface area contributed by atoms with Crippen LogP contribution in [0.15, 0.2) is 66.7 Å². The van der Waals surface area contributed by atoms with Crippen molar-refractivity contribution in [2.24, 2.45) is 0 Å². The predicted octanol–water partition coefficient (Wildman–Crippen LogP) is 4.54. The number of rotatable bonds is 6. The quantitative estimate of drug-likeness (QED) is 0.581. The Kier molecular flexibility index (Phi) is 5.64. The van der Waals surface area contributed by atoms with E-state index in [1.165, 1.54) is 7.11 Å². The number of ether oxygens (including phenoxy) is 2. The molecule has 0 spiro atoms. The average Bonchev–Trinajstić information content (AvgIpc) is 3.04. The van der Waals surface area contributed by atoms with E-state index < -0.39 is 0 Å². The molecule has 162 valence electrons. The molecule has 7 nitrogen and oxygen atoms in total. The van der Waals surface area contributed by atoms with Gasteiger partial charge in [0.2, 0.25) is 0 Å². The molecule has 0 aliphatic carbocycles. The topological polar surface area (TPSA) is 84.9 Å². The van der Waals surface area contributed by atoms with E-state index in [2.05, 4.69) is 5.32 Å². The number of nitrogens with one attached hydrogen (secondary N) is 1. The van der Waals surface area contributed by atoms with E-state index >= 15 is 0 Å². The number of benzene rings is 3. The minimum Gasteiger partial charge on any atom is -0.493 e. The van der Waals surface area contributed by atoms with Crippen molar-refractivity contribution in [3.05, 3.63) is 83.4 Å². The van der Waals surface area contributed by atoms with Gasteiger partial charge < -0.3 is 14.8 Å². The van der Waals surface area contributed by atoms with Crippen molar-refractivity contribution in [2.45, 2.75) is 20.0 Å². The lowest BCUT2D eigenvalue weighted by atomic mass is 10.1. The molecule has 0 aromatic heterocycles. The average molecular weight is 430 g/mol. The third-order valence-electron chi connectivity index (χ3n) is 4.94. The molecular weight excluding hydrogens is 408 g/mol. The fraction of sp³-hybridized carbons (Fsp3) is 0.160. The highest BCUT2D eigenvalue weighted by molar-refractivity contribution is 6.34. The van der Waals surface area contributed by atoms with Gasteiger partial charge in [0, 0.05) is 11.3 Å². The Balaban J connectivity index is 1.56. The molecule has 7 heteroatoms. The maximum atomic E-state index is 12.8. The summed E-state index contributed by atoms with van der Waals surface area (Å²) < 4.78 is 11.0. The zero-order chi connectivity index (χ0) is 22.8. The van der Waals surface area contributed by atoms with Gasteiger partial charge in [0.25, 0.3) is 17.7 Å². The Morgan fingerprint density at radius 3 is 2.19 bits per heavy atom. The van der Waals surface area contributed by atoms with Crippen molar-refractivity contribution < 1.29 is 23.9 Å². The van der Waals surface area contributed by atoms with Crippen LogP contribution in [0.5, 0.6) is 11.5 Å². The molecular formula is C25H22N2O5. The molecule has 0 bridgehead atoms. The van der Waals surface area contributed by atoms with Crippen molar-refractivity contribution in [1.29, 1.82) is 0 Å². The normalized spacial score (nSPS) is 12.7. The zero-order valence-electron chi connectivity index (χ0n) is 17.9. The molecule has 3 aromatic carbocycles. The zero-order valence-corrected chi connectivity index (χ0v) is 17.9. The van der Waals surface area contributed by atoms with E-state index in [-0.39, 0.29) is 23.8 Å². The van der Waals surface area contributed by atoms with Gasteiger partial charge in [-0.15, -0.1) is 0 Å².